The maximum atomic E-state index is 14.1. The molecule has 0 saturated carbocycles. The van der Waals surface area contributed by atoms with E-state index in [1.54, 1.807) is 0 Å². The Hall–Kier alpha value is -2.87. The Morgan fingerprint density at radius 1 is 1.14 bits per heavy atom. The second kappa shape index (κ2) is 12.9. The highest BCUT2D eigenvalue weighted by atomic mass is 79.9. The SMILES string of the molecule is CC(C)c1nc2c(c(-c3ccc(F)cc3)c1C=C[C@@H]1C[C@H](CC(=O)OC(C)(C)C)OC(C)(C)O1)CCCc1ccc(Br)cc1-2. The van der Waals surface area contributed by atoms with Gasteiger partial charge in [-0.05, 0) is 106 Å². The monoisotopic (exact) mass is 663 g/mol. The Morgan fingerprint density at radius 3 is 2.55 bits per heavy atom. The van der Waals surface area contributed by atoms with Crippen molar-refractivity contribution in [1.82, 2.24) is 4.98 Å². The van der Waals surface area contributed by atoms with E-state index in [1.165, 1.54) is 23.3 Å². The van der Waals surface area contributed by atoms with E-state index in [9.17, 15) is 9.18 Å². The van der Waals surface area contributed by atoms with Gasteiger partial charge in [0.2, 0.25) is 0 Å². The molecule has 1 fully saturated rings. The fourth-order valence-corrected chi connectivity index (χ4v) is 6.65. The Bertz CT molecular complexity index is 1560. The van der Waals surface area contributed by atoms with Crippen LogP contribution in [0.1, 0.15) is 96.0 Å². The summed E-state index contributed by atoms with van der Waals surface area (Å²) in [7, 11) is 0. The van der Waals surface area contributed by atoms with Crippen molar-refractivity contribution in [3.63, 3.8) is 0 Å². The number of aryl methyl sites for hydroxylation is 1. The van der Waals surface area contributed by atoms with Crippen molar-refractivity contribution in [2.24, 2.45) is 0 Å². The number of halogens is 2. The zero-order chi connectivity index (χ0) is 31.8. The Balaban J connectivity index is 1.60. The molecule has 5 nitrogen and oxygen atoms in total. The van der Waals surface area contributed by atoms with Gasteiger partial charge in [-0.25, -0.2) is 4.39 Å². The van der Waals surface area contributed by atoms with Crippen molar-refractivity contribution in [3.05, 3.63) is 81.2 Å². The molecular formula is C37H43BrFNO4. The first-order valence-electron chi connectivity index (χ1n) is 15.6. The van der Waals surface area contributed by atoms with Crippen molar-refractivity contribution in [3.8, 4) is 22.4 Å². The number of ether oxygens (including phenoxy) is 3. The fourth-order valence-electron chi connectivity index (χ4n) is 6.29. The largest absolute Gasteiger partial charge is 0.460 e. The maximum absolute atomic E-state index is 14.1. The van der Waals surface area contributed by atoms with Crippen LogP contribution in [0.3, 0.4) is 0 Å². The fraction of sp³-hybridized carbons (Fsp3) is 0.459. The molecule has 0 bridgehead atoms. The van der Waals surface area contributed by atoms with Gasteiger partial charge in [0.05, 0.1) is 30.0 Å². The summed E-state index contributed by atoms with van der Waals surface area (Å²) < 4.78 is 33.2. The van der Waals surface area contributed by atoms with E-state index in [1.807, 2.05) is 46.8 Å². The molecule has 3 aromatic rings. The van der Waals surface area contributed by atoms with E-state index in [0.717, 1.165) is 57.4 Å². The number of rotatable bonds is 6. The molecule has 0 N–H and O–H groups in total. The first-order valence-corrected chi connectivity index (χ1v) is 16.4. The second-order valence-corrected chi connectivity index (χ2v) is 14.5. The van der Waals surface area contributed by atoms with Crippen LogP contribution < -0.4 is 0 Å². The summed E-state index contributed by atoms with van der Waals surface area (Å²) in [5, 5.41) is 0. The molecule has 7 heteroatoms. The van der Waals surface area contributed by atoms with Crippen molar-refractivity contribution in [1.29, 1.82) is 0 Å². The molecule has 0 amide bonds. The number of pyridine rings is 1. The van der Waals surface area contributed by atoms with Crippen LogP contribution in [-0.4, -0.2) is 34.5 Å². The third kappa shape index (κ3) is 7.67. The van der Waals surface area contributed by atoms with Crippen LogP contribution in [0.15, 0.2) is 53.0 Å². The quantitative estimate of drug-likeness (QED) is 0.246. The maximum Gasteiger partial charge on any atom is 0.308 e. The average molecular weight is 665 g/mol. The normalized spacial score (nSPS) is 19.9. The third-order valence-electron chi connectivity index (χ3n) is 7.92. The number of esters is 1. The second-order valence-electron chi connectivity index (χ2n) is 13.6. The number of hydrogen-bond donors (Lipinski definition) is 0. The van der Waals surface area contributed by atoms with Crippen molar-refractivity contribution < 1.29 is 23.4 Å². The Labute approximate surface area is 269 Å². The molecule has 0 radical (unpaired) electrons. The van der Waals surface area contributed by atoms with Crippen LogP contribution in [0.4, 0.5) is 4.39 Å². The predicted molar refractivity (Wildman–Crippen MR) is 177 cm³/mol. The lowest BCUT2D eigenvalue weighted by molar-refractivity contribution is -0.290. The molecule has 234 valence electrons. The van der Waals surface area contributed by atoms with Crippen LogP contribution in [0.2, 0.25) is 0 Å². The summed E-state index contributed by atoms with van der Waals surface area (Å²) in [5.41, 5.74) is 8.08. The zero-order valence-corrected chi connectivity index (χ0v) is 28.4. The van der Waals surface area contributed by atoms with Crippen LogP contribution in [0, 0.1) is 5.82 Å². The summed E-state index contributed by atoms with van der Waals surface area (Å²) in [6, 6.07) is 13.2. The highest BCUT2D eigenvalue weighted by Crippen LogP contribution is 2.43. The Kier molecular flexibility index (Phi) is 9.50. The summed E-state index contributed by atoms with van der Waals surface area (Å²) in [5.74, 6) is -1.29. The summed E-state index contributed by atoms with van der Waals surface area (Å²) in [6.07, 6.45) is 7.04. The smallest absolute Gasteiger partial charge is 0.308 e. The molecule has 1 saturated heterocycles. The first kappa shape index (κ1) is 32.5. The van der Waals surface area contributed by atoms with Crippen LogP contribution in [0.5, 0.6) is 0 Å². The minimum Gasteiger partial charge on any atom is -0.460 e. The number of carbonyl (C=O) groups excluding carboxylic acids is 1. The summed E-state index contributed by atoms with van der Waals surface area (Å²) in [6.45, 7) is 13.6. The van der Waals surface area contributed by atoms with E-state index >= 15 is 0 Å². The van der Waals surface area contributed by atoms with Gasteiger partial charge in [0.1, 0.15) is 11.4 Å². The molecule has 44 heavy (non-hydrogen) atoms. The van der Waals surface area contributed by atoms with E-state index in [4.69, 9.17) is 19.2 Å². The van der Waals surface area contributed by atoms with Gasteiger partial charge < -0.3 is 14.2 Å². The molecule has 2 heterocycles. The third-order valence-corrected chi connectivity index (χ3v) is 8.41. The number of carbonyl (C=O) groups is 1. The van der Waals surface area contributed by atoms with Crippen molar-refractivity contribution >= 4 is 28.0 Å². The number of nitrogens with zero attached hydrogens (tertiary/aromatic N) is 1. The van der Waals surface area contributed by atoms with Gasteiger partial charge in [-0.3, -0.25) is 9.78 Å². The molecule has 0 unspecified atom stereocenters. The molecule has 0 spiro atoms. The first-order chi connectivity index (χ1) is 20.7. The van der Waals surface area contributed by atoms with Crippen molar-refractivity contribution in [2.45, 2.75) is 110 Å². The standard InChI is InChI=1S/C37H43BrFNO4/c1-22(2)34-30(18-17-27-20-28(43-37(6,7)42-27)21-32(41)44-36(3,4)5)33(24-12-15-26(39)16-13-24)29-10-8-9-23-11-14-25(38)19-31(23)35(29)40-34/h11-19,22,27-28H,8-10,20-21H2,1-7H3/t27-,28-/m1/s1. The lowest BCUT2D eigenvalue weighted by Crippen LogP contribution is -2.45. The molecule has 2 aromatic carbocycles. The molecule has 1 aromatic heterocycles. The van der Waals surface area contributed by atoms with Gasteiger partial charge in [0.25, 0.3) is 0 Å². The highest BCUT2D eigenvalue weighted by Gasteiger charge is 2.36. The van der Waals surface area contributed by atoms with E-state index < -0.39 is 11.4 Å². The molecule has 1 aliphatic carbocycles. The van der Waals surface area contributed by atoms with Gasteiger partial charge >= 0.3 is 5.97 Å². The molecular weight excluding hydrogens is 621 g/mol. The van der Waals surface area contributed by atoms with Gasteiger partial charge in [-0.2, -0.15) is 0 Å². The summed E-state index contributed by atoms with van der Waals surface area (Å²) >= 11 is 3.68. The molecule has 2 aliphatic rings. The van der Waals surface area contributed by atoms with Gasteiger partial charge in [0.15, 0.2) is 5.79 Å². The van der Waals surface area contributed by atoms with E-state index in [0.29, 0.717) is 6.42 Å². The Morgan fingerprint density at radius 2 is 1.86 bits per heavy atom. The number of hydrogen-bond acceptors (Lipinski definition) is 5. The average Bonchev–Trinajstić information content (AvgIpc) is 3.08. The van der Waals surface area contributed by atoms with E-state index in [-0.39, 0.29) is 36.3 Å². The van der Waals surface area contributed by atoms with Crippen LogP contribution in [-0.2, 0) is 31.8 Å². The van der Waals surface area contributed by atoms with Gasteiger partial charge in [0, 0.05) is 22.0 Å². The lowest BCUT2D eigenvalue weighted by Gasteiger charge is -2.40. The molecule has 5 rings (SSSR count). The van der Waals surface area contributed by atoms with Crippen LogP contribution >= 0.6 is 15.9 Å². The number of fused-ring (bicyclic) bond motifs is 3. The molecule has 1 aliphatic heterocycles. The van der Waals surface area contributed by atoms with Gasteiger partial charge in [-0.15, -0.1) is 0 Å². The van der Waals surface area contributed by atoms with Crippen molar-refractivity contribution in [2.75, 3.05) is 0 Å². The number of aromatic nitrogens is 1. The highest BCUT2D eigenvalue weighted by molar-refractivity contribution is 9.10. The summed E-state index contributed by atoms with van der Waals surface area (Å²) in [4.78, 5) is 18.0. The van der Waals surface area contributed by atoms with Crippen LogP contribution in [0.25, 0.3) is 28.5 Å². The van der Waals surface area contributed by atoms with E-state index in [2.05, 4.69) is 60.1 Å². The number of benzene rings is 2. The lowest BCUT2D eigenvalue weighted by atomic mass is 9.86. The minimum absolute atomic E-state index is 0.130. The molecule has 2 atom stereocenters. The van der Waals surface area contributed by atoms with Gasteiger partial charge in [-0.1, -0.05) is 60.1 Å². The topological polar surface area (TPSA) is 57.7 Å². The predicted octanol–water partition coefficient (Wildman–Crippen LogP) is 9.58. The zero-order valence-electron chi connectivity index (χ0n) is 26.8. The minimum atomic E-state index is -0.871.